The fraction of sp³-hybridized carbons (Fsp3) is 0.868. The molecule has 0 radical (unpaired) electrons. The van der Waals surface area contributed by atoms with Crippen molar-refractivity contribution >= 4 is 11.9 Å². The van der Waals surface area contributed by atoms with Crippen molar-refractivity contribution in [2.24, 2.45) is 0 Å². The van der Waals surface area contributed by atoms with E-state index in [9.17, 15) is 19.8 Å². The van der Waals surface area contributed by atoms with Crippen LogP contribution in [0.5, 0.6) is 0 Å². The first-order valence-corrected chi connectivity index (χ1v) is 36.9. The van der Waals surface area contributed by atoms with Crippen molar-refractivity contribution < 1.29 is 24.5 Å². The molecular formula is C76H143NO5. The maximum atomic E-state index is 12.5. The van der Waals surface area contributed by atoms with Gasteiger partial charge in [0.15, 0.2) is 0 Å². The zero-order valence-corrected chi connectivity index (χ0v) is 55.2. The number of ether oxygens (including phenoxy) is 1. The van der Waals surface area contributed by atoms with E-state index in [-0.39, 0.29) is 18.5 Å². The van der Waals surface area contributed by atoms with Gasteiger partial charge in [-0.3, -0.25) is 9.59 Å². The number of hydrogen-bond acceptors (Lipinski definition) is 5. The molecule has 0 fully saturated rings. The predicted molar refractivity (Wildman–Crippen MR) is 361 cm³/mol. The first-order valence-electron chi connectivity index (χ1n) is 36.9. The van der Waals surface area contributed by atoms with Crippen molar-refractivity contribution in [3.05, 3.63) is 48.6 Å². The van der Waals surface area contributed by atoms with Crippen LogP contribution in [0.2, 0.25) is 0 Å². The van der Waals surface area contributed by atoms with Crippen molar-refractivity contribution in [3.63, 3.8) is 0 Å². The van der Waals surface area contributed by atoms with E-state index in [4.69, 9.17) is 4.74 Å². The van der Waals surface area contributed by atoms with Crippen LogP contribution in [0.1, 0.15) is 399 Å². The smallest absolute Gasteiger partial charge is 0.305 e. The number of esters is 1. The molecule has 2 atom stereocenters. The topological polar surface area (TPSA) is 95.9 Å². The summed E-state index contributed by atoms with van der Waals surface area (Å²) in [4.78, 5) is 24.5. The van der Waals surface area contributed by atoms with Crippen LogP contribution >= 0.6 is 0 Å². The van der Waals surface area contributed by atoms with Crippen LogP contribution in [0.4, 0.5) is 0 Å². The fourth-order valence-corrected chi connectivity index (χ4v) is 11.4. The zero-order valence-electron chi connectivity index (χ0n) is 55.2. The molecule has 0 saturated carbocycles. The Morgan fingerprint density at radius 2 is 0.622 bits per heavy atom. The number of rotatable bonds is 69. The molecule has 82 heavy (non-hydrogen) atoms. The molecule has 2 unspecified atom stereocenters. The van der Waals surface area contributed by atoms with Gasteiger partial charge in [-0.1, -0.05) is 351 Å². The molecule has 0 rings (SSSR count). The number of allylic oxidation sites excluding steroid dienone is 7. The molecule has 6 nitrogen and oxygen atoms in total. The van der Waals surface area contributed by atoms with Crippen molar-refractivity contribution in [2.45, 2.75) is 411 Å². The summed E-state index contributed by atoms with van der Waals surface area (Å²) < 4.78 is 5.46. The Balaban J connectivity index is 3.43. The predicted octanol–water partition coefficient (Wildman–Crippen LogP) is 24.0. The molecule has 0 heterocycles. The standard InChI is InChI=1S/C76H143NO5/c1-3-5-7-9-11-13-15-16-17-18-19-20-30-33-36-39-42-45-49-52-56-60-64-68-74(79)73(72-78)77-75(80)69-65-61-57-53-50-46-43-40-37-34-31-28-26-24-22-21-23-25-27-29-32-35-38-41-44-47-51-55-59-63-67-71-82-76(81)70-66-62-58-54-48-14-12-10-8-6-4-2/h10,12,23,25,29,32,64,68,73-74,78-79H,3-9,11,13-22,24,26-28,30-31,33-63,65-67,69-72H2,1-2H3,(H,77,80)/b12-10-,25-23-,32-29-,68-64+. The van der Waals surface area contributed by atoms with Crippen molar-refractivity contribution in [1.29, 1.82) is 0 Å². The van der Waals surface area contributed by atoms with E-state index >= 15 is 0 Å². The summed E-state index contributed by atoms with van der Waals surface area (Å²) in [6.07, 6.45) is 93.5. The Morgan fingerprint density at radius 1 is 0.341 bits per heavy atom. The largest absolute Gasteiger partial charge is 0.466 e. The zero-order chi connectivity index (χ0) is 59.2. The molecule has 1 amide bonds. The number of carbonyl (C=O) groups excluding carboxylic acids is 2. The summed E-state index contributed by atoms with van der Waals surface area (Å²) in [6, 6.07) is -0.629. The Hall–Kier alpha value is -2.18. The molecule has 482 valence electrons. The van der Waals surface area contributed by atoms with Gasteiger partial charge >= 0.3 is 5.97 Å². The second-order valence-corrected chi connectivity index (χ2v) is 25.3. The van der Waals surface area contributed by atoms with Crippen LogP contribution in [0.15, 0.2) is 48.6 Å². The molecule has 0 aromatic heterocycles. The lowest BCUT2D eigenvalue weighted by atomic mass is 10.0. The summed E-state index contributed by atoms with van der Waals surface area (Å²) in [5, 5.41) is 23.3. The number of nitrogens with one attached hydrogen (secondary N) is 1. The number of carbonyl (C=O) groups is 2. The third-order valence-electron chi connectivity index (χ3n) is 17.1. The van der Waals surface area contributed by atoms with Gasteiger partial charge in [0.1, 0.15) is 0 Å². The summed E-state index contributed by atoms with van der Waals surface area (Å²) >= 11 is 0. The minimum absolute atomic E-state index is 0.00190. The molecule has 0 aromatic carbocycles. The highest BCUT2D eigenvalue weighted by molar-refractivity contribution is 5.76. The summed E-state index contributed by atoms with van der Waals surface area (Å²) in [6.45, 7) is 4.89. The van der Waals surface area contributed by atoms with Gasteiger partial charge in [0.25, 0.3) is 0 Å². The minimum atomic E-state index is -0.846. The van der Waals surface area contributed by atoms with Crippen LogP contribution in [-0.2, 0) is 14.3 Å². The lowest BCUT2D eigenvalue weighted by molar-refractivity contribution is -0.143. The molecule has 0 aliphatic rings. The van der Waals surface area contributed by atoms with Gasteiger partial charge in [0.05, 0.1) is 25.4 Å². The van der Waals surface area contributed by atoms with E-state index in [1.165, 1.54) is 321 Å². The van der Waals surface area contributed by atoms with Gasteiger partial charge in [-0.25, -0.2) is 0 Å². The maximum absolute atomic E-state index is 12.5. The summed E-state index contributed by atoms with van der Waals surface area (Å²) in [7, 11) is 0. The first-order chi connectivity index (χ1) is 40.5. The van der Waals surface area contributed by atoms with Crippen LogP contribution in [0.25, 0.3) is 0 Å². The highest BCUT2D eigenvalue weighted by Gasteiger charge is 2.18. The normalized spacial score (nSPS) is 12.8. The number of aliphatic hydroxyl groups is 2. The number of aliphatic hydroxyl groups excluding tert-OH is 2. The number of unbranched alkanes of at least 4 members (excludes halogenated alkanes) is 52. The van der Waals surface area contributed by atoms with Gasteiger partial charge in [-0.15, -0.1) is 0 Å². The molecule has 0 aliphatic heterocycles. The number of amides is 1. The van der Waals surface area contributed by atoms with E-state index in [2.05, 4.69) is 55.6 Å². The minimum Gasteiger partial charge on any atom is -0.466 e. The molecule has 0 saturated heterocycles. The van der Waals surface area contributed by atoms with Crippen LogP contribution in [-0.4, -0.2) is 47.4 Å². The average Bonchev–Trinajstić information content (AvgIpc) is 3.48. The van der Waals surface area contributed by atoms with Gasteiger partial charge in [0.2, 0.25) is 5.91 Å². The monoisotopic (exact) mass is 1150 g/mol. The van der Waals surface area contributed by atoms with Crippen molar-refractivity contribution in [2.75, 3.05) is 13.2 Å². The number of hydrogen-bond donors (Lipinski definition) is 3. The van der Waals surface area contributed by atoms with Gasteiger partial charge < -0.3 is 20.3 Å². The van der Waals surface area contributed by atoms with Crippen molar-refractivity contribution in [1.82, 2.24) is 5.32 Å². The van der Waals surface area contributed by atoms with Gasteiger partial charge in [0, 0.05) is 12.8 Å². The third kappa shape index (κ3) is 67.0. The SMILES string of the molecule is CCCC/C=C\CCCCCCCC(=O)OCCCCCCCCCCC/C=C\C/C=C\CCCCCCCCCCCCCCCCCC(=O)NC(CO)C(O)/C=C/CCCCCCCCCCCCCCCCCCCCCCC. The third-order valence-corrected chi connectivity index (χ3v) is 17.1. The van der Waals surface area contributed by atoms with E-state index < -0.39 is 12.1 Å². The lowest BCUT2D eigenvalue weighted by Gasteiger charge is -2.20. The van der Waals surface area contributed by atoms with Crippen molar-refractivity contribution in [3.8, 4) is 0 Å². The Morgan fingerprint density at radius 3 is 0.976 bits per heavy atom. The van der Waals surface area contributed by atoms with E-state index in [1.807, 2.05) is 6.08 Å². The quantitative estimate of drug-likeness (QED) is 0.0320. The summed E-state index contributed by atoms with van der Waals surface area (Å²) in [5.74, 6) is -0.0616. The fourth-order valence-electron chi connectivity index (χ4n) is 11.4. The molecule has 3 N–H and O–H groups in total. The Kier molecular flexibility index (Phi) is 69.4. The molecule has 0 spiro atoms. The molecule has 0 aliphatic carbocycles. The molecular weight excluding hydrogens is 1010 g/mol. The van der Waals surface area contributed by atoms with Gasteiger partial charge in [-0.05, 0) is 83.5 Å². The first kappa shape index (κ1) is 79.8. The van der Waals surface area contributed by atoms with E-state index in [1.54, 1.807) is 6.08 Å². The van der Waals surface area contributed by atoms with E-state index in [0.29, 0.717) is 19.4 Å². The Labute approximate surface area is 512 Å². The molecule has 0 aromatic rings. The van der Waals surface area contributed by atoms with Crippen LogP contribution in [0, 0.1) is 0 Å². The highest BCUT2D eigenvalue weighted by Crippen LogP contribution is 2.19. The molecule has 0 bridgehead atoms. The molecule has 6 heteroatoms. The van der Waals surface area contributed by atoms with Gasteiger partial charge in [-0.2, -0.15) is 0 Å². The maximum Gasteiger partial charge on any atom is 0.305 e. The van der Waals surface area contributed by atoms with E-state index in [0.717, 1.165) is 51.4 Å². The second kappa shape index (κ2) is 71.3. The van der Waals surface area contributed by atoms with Crippen LogP contribution < -0.4 is 5.32 Å². The second-order valence-electron chi connectivity index (χ2n) is 25.3. The average molecular weight is 1150 g/mol. The summed E-state index contributed by atoms with van der Waals surface area (Å²) in [5.41, 5.74) is 0. The highest BCUT2D eigenvalue weighted by atomic mass is 16.5. The lowest BCUT2D eigenvalue weighted by Crippen LogP contribution is -2.45. The van der Waals surface area contributed by atoms with Crippen LogP contribution in [0.3, 0.4) is 0 Å². The Bertz CT molecular complexity index is 1370.